The van der Waals surface area contributed by atoms with Gasteiger partial charge in [0.25, 0.3) is 5.91 Å². The van der Waals surface area contributed by atoms with Gasteiger partial charge in [-0.05, 0) is 31.0 Å². The predicted octanol–water partition coefficient (Wildman–Crippen LogP) is 2.89. The summed E-state index contributed by atoms with van der Waals surface area (Å²) in [6.07, 6.45) is 5.84. The van der Waals surface area contributed by atoms with Crippen LogP contribution in [0, 0.1) is 0 Å². The van der Waals surface area contributed by atoms with Crippen molar-refractivity contribution in [3.63, 3.8) is 0 Å². The zero-order valence-electron chi connectivity index (χ0n) is 13.8. The SMILES string of the molecule is COc1ccc2cc(C(=O)N3CCC[C@@H]3c3cnn(C)c3)[nH]c2c1. The fourth-order valence-corrected chi connectivity index (χ4v) is 3.47. The van der Waals surface area contributed by atoms with E-state index in [1.165, 1.54) is 0 Å². The number of benzene rings is 1. The summed E-state index contributed by atoms with van der Waals surface area (Å²) in [4.78, 5) is 18.2. The molecule has 6 nitrogen and oxygen atoms in total. The van der Waals surface area contributed by atoms with E-state index in [-0.39, 0.29) is 11.9 Å². The van der Waals surface area contributed by atoms with Gasteiger partial charge in [0.15, 0.2) is 0 Å². The number of hydrogen-bond acceptors (Lipinski definition) is 3. The quantitative estimate of drug-likeness (QED) is 0.806. The second-order valence-electron chi connectivity index (χ2n) is 6.24. The molecule has 4 rings (SSSR count). The summed E-state index contributed by atoms with van der Waals surface area (Å²) in [7, 11) is 3.54. The van der Waals surface area contributed by atoms with Crippen LogP contribution in [0.3, 0.4) is 0 Å². The summed E-state index contributed by atoms with van der Waals surface area (Å²) >= 11 is 0. The molecule has 1 atom stereocenters. The highest BCUT2D eigenvalue weighted by molar-refractivity contribution is 5.98. The normalized spacial score (nSPS) is 17.6. The maximum absolute atomic E-state index is 13.0. The van der Waals surface area contributed by atoms with E-state index in [0.29, 0.717) is 5.69 Å². The summed E-state index contributed by atoms with van der Waals surface area (Å²) in [6, 6.07) is 7.79. The van der Waals surface area contributed by atoms with Crippen molar-refractivity contribution in [2.75, 3.05) is 13.7 Å². The minimum atomic E-state index is 0.0384. The first-order valence-electron chi connectivity index (χ1n) is 8.12. The largest absolute Gasteiger partial charge is 0.497 e. The second-order valence-corrected chi connectivity index (χ2v) is 6.24. The van der Waals surface area contributed by atoms with Crippen LogP contribution >= 0.6 is 0 Å². The van der Waals surface area contributed by atoms with Crippen LogP contribution in [0.5, 0.6) is 5.75 Å². The molecule has 0 spiro atoms. The lowest BCUT2D eigenvalue weighted by Gasteiger charge is -2.23. The molecule has 124 valence electrons. The molecule has 2 aromatic heterocycles. The minimum absolute atomic E-state index is 0.0384. The van der Waals surface area contributed by atoms with Crippen molar-refractivity contribution in [1.29, 1.82) is 0 Å². The number of likely N-dealkylation sites (tertiary alicyclic amines) is 1. The Hall–Kier alpha value is -2.76. The standard InChI is InChI=1S/C18H20N4O2/c1-21-11-13(10-19-21)17-4-3-7-22(17)18(23)16-8-12-5-6-14(24-2)9-15(12)20-16/h5-6,8-11,17,20H,3-4,7H2,1-2H3/t17-/m1/s1. The van der Waals surface area contributed by atoms with Crippen LogP contribution in [0.2, 0.25) is 0 Å². The molecule has 1 aliphatic heterocycles. The zero-order valence-corrected chi connectivity index (χ0v) is 13.8. The minimum Gasteiger partial charge on any atom is -0.497 e. The number of rotatable bonds is 3. The molecule has 0 radical (unpaired) electrons. The molecule has 1 N–H and O–H groups in total. The van der Waals surface area contributed by atoms with Crippen molar-refractivity contribution < 1.29 is 9.53 Å². The van der Waals surface area contributed by atoms with Gasteiger partial charge in [0.2, 0.25) is 0 Å². The Morgan fingerprint density at radius 3 is 3.00 bits per heavy atom. The van der Waals surface area contributed by atoms with Gasteiger partial charge in [0, 0.05) is 42.3 Å². The average molecular weight is 324 g/mol. The van der Waals surface area contributed by atoms with Crippen molar-refractivity contribution in [3.05, 3.63) is 47.9 Å². The van der Waals surface area contributed by atoms with Gasteiger partial charge in [-0.2, -0.15) is 5.10 Å². The monoisotopic (exact) mass is 324 g/mol. The molecule has 0 bridgehead atoms. The molecule has 1 saturated heterocycles. The van der Waals surface area contributed by atoms with Crippen LogP contribution in [-0.2, 0) is 7.05 Å². The fourth-order valence-electron chi connectivity index (χ4n) is 3.47. The number of nitrogens with one attached hydrogen (secondary N) is 1. The van der Waals surface area contributed by atoms with Crippen molar-refractivity contribution in [2.24, 2.45) is 7.05 Å². The van der Waals surface area contributed by atoms with Crippen LogP contribution in [0.15, 0.2) is 36.7 Å². The van der Waals surface area contributed by atoms with Crippen LogP contribution in [-0.4, -0.2) is 39.2 Å². The summed E-state index contributed by atoms with van der Waals surface area (Å²) in [5.74, 6) is 0.814. The summed E-state index contributed by atoms with van der Waals surface area (Å²) in [6.45, 7) is 0.775. The molecule has 0 aliphatic carbocycles. The number of aromatic nitrogens is 3. The average Bonchev–Trinajstić information content (AvgIpc) is 3.31. The van der Waals surface area contributed by atoms with Crippen LogP contribution < -0.4 is 4.74 Å². The Kier molecular flexibility index (Phi) is 3.52. The van der Waals surface area contributed by atoms with Gasteiger partial charge < -0.3 is 14.6 Å². The number of H-pyrrole nitrogens is 1. The lowest BCUT2D eigenvalue weighted by Crippen LogP contribution is -2.30. The maximum atomic E-state index is 13.0. The number of aryl methyl sites for hydroxylation is 1. The van der Waals surface area contributed by atoms with E-state index < -0.39 is 0 Å². The molecule has 1 fully saturated rings. The van der Waals surface area contributed by atoms with Gasteiger partial charge in [-0.1, -0.05) is 0 Å². The molecule has 0 saturated carbocycles. The van der Waals surface area contributed by atoms with E-state index in [1.807, 2.05) is 48.6 Å². The van der Waals surface area contributed by atoms with Gasteiger partial charge in [0.1, 0.15) is 11.4 Å². The van der Waals surface area contributed by atoms with E-state index in [2.05, 4.69) is 10.1 Å². The molecule has 1 aromatic carbocycles. The van der Waals surface area contributed by atoms with Gasteiger partial charge in [0.05, 0.1) is 19.3 Å². The summed E-state index contributed by atoms with van der Waals surface area (Å²) in [5.41, 5.74) is 2.63. The predicted molar refractivity (Wildman–Crippen MR) is 91.1 cm³/mol. The first-order valence-corrected chi connectivity index (χ1v) is 8.12. The van der Waals surface area contributed by atoms with Crippen LogP contribution in [0.4, 0.5) is 0 Å². The Balaban J connectivity index is 1.65. The van der Waals surface area contributed by atoms with Gasteiger partial charge in [-0.3, -0.25) is 9.48 Å². The molecule has 0 unspecified atom stereocenters. The molecule has 1 aliphatic rings. The van der Waals surface area contributed by atoms with Gasteiger partial charge >= 0.3 is 0 Å². The lowest BCUT2D eigenvalue weighted by molar-refractivity contribution is 0.0730. The summed E-state index contributed by atoms with van der Waals surface area (Å²) in [5, 5.41) is 5.25. The number of carbonyl (C=O) groups is 1. The van der Waals surface area contributed by atoms with E-state index in [1.54, 1.807) is 11.8 Å². The maximum Gasteiger partial charge on any atom is 0.270 e. The molecular formula is C18H20N4O2. The highest BCUT2D eigenvalue weighted by Crippen LogP contribution is 2.33. The Morgan fingerprint density at radius 2 is 2.25 bits per heavy atom. The van der Waals surface area contributed by atoms with Crippen LogP contribution in [0.1, 0.15) is 34.9 Å². The smallest absolute Gasteiger partial charge is 0.270 e. The van der Waals surface area contributed by atoms with Gasteiger partial charge in [-0.15, -0.1) is 0 Å². The van der Waals surface area contributed by atoms with Crippen molar-refractivity contribution in [1.82, 2.24) is 19.7 Å². The fraction of sp³-hybridized carbons (Fsp3) is 0.333. The highest BCUT2D eigenvalue weighted by atomic mass is 16.5. The van der Waals surface area contributed by atoms with Crippen molar-refractivity contribution in [3.8, 4) is 5.75 Å². The molecule has 1 amide bonds. The topological polar surface area (TPSA) is 63.1 Å². The van der Waals surface area contributed by atoms with E-state index in [9.17, 15) is 4.79 Å². The third-order valence-electron chi connectivity index (χ3n) is 4.68. The third-order valence-corrected chi connectivity index (χ3v) is 4.68. The van der Waals surface area contributed by atoms with Crippen molar-refractivity contribution >= 4 is 16.8 Å². The van der Waals surface area contributed by atoms with E-state index in [4.69, 9.17) is 4.74 Å². The number of aromatic amines is 1. The molecule has 24 heavy (non-hydrogen) atoms. The first kappa shape index (κ1) is 14.8. The molecule has 3 aromatic rings. The second kappa shape index (κ2) is 5.70. The van der Waals surface area contributed by atoms with Crippen LogP contribution in [0.25, 0.3) is 10.9 Å². The summed E-state index contributed by atoms with van der Waals surface area (Å²) < 4.78 is 7.03. The molecule has 6 heteroatoms. The highest BCUT2D eigenvalue weighted by Gasteiger charge is 2.32. The lowest BCUT2D eigenvalue weighted by atomic mass is 10.1. The number of methoxy groups -OCH3 is 1. The Morgan fingerprint density at radius 1 is 1.38 bits per heavy atom. The molecule has 3 heterocycles. The Bertz CT molecular complexity index is 895. The number of hydrogen-bond donors (Lipinski definition) is 1. The number of carbonyl (C=O) groups excluding carboxylic acids is 1. The number of fused-ring (bicyclic) bond motifs is 1. The van der Waals surface area contributed by atoms with E-state index >= 15 is 0 Å². The first-order chi connectivity index (χ1) is 11.7. The van der Waals surface area contributed by atoms with E-state index in [0.717, 1.165) is 41.6 Å². The number of ether oxygens (including phenoxy) is 1. The van der Waals surface area contributed by atoms with Crippen molar-refractivity contribution in [2.45, 2.75) is 18.9 Å². The molecular weight excluding hydrogens is 304 g/mol. The zero-order chi connectivity index (χ0) is 16.7. The Labute approximate surface area is 140 Å². The third kappa shape index (κ3) is 2.44. The number of amides is 1. The van der Waals surface area contributed by atoms with Gasteiger partial charge in [-0.25, -0.2) is 0 Å². The number of nitrogens with zero attached hydrogens (tertiary/aromatic N) is 3.